The van der Waals surface area contributed by atoms with Crippen LogP contribution in [0.2, 0.25) is 0 Å². The molecule has 3 atom stereocenters. The lowest BCUT2D eigenvalue weighted by atomic mass is 9.88. The zero-order valence-electron chi connectivity index (χ0n) is 11.1. The lowest BCUT2D eigenvalue weighted by Gasteiger charge is -2.36. The van der Waals surface area contributed by atoms with Crippen LogP contribution in [-0.4, -0.2) is 18.1 Å². The van der Waals surface area contributed by atoms with Gasteiger partial charge in [0.25, 0.3) is 0 Å². The Morgan fingerprint density at radius 2 is 2.18 bits per heavy atom. The molecule has 0 amide bonds. The summed E-state index contributed by atoms with van der Waals surface area (Å²) >= 11 is 0. The highest BCUT2D eigenvalue weighted by atomic mass is 15.2. The molecule has 2 unspecified atom stereocenters. The zero-order valence-corrected chi connectivity index (χ0v) is 11.1. The normalized spacial score (nSPS) is 26.9. The molecule has 0 aromatic carbocycles. The van der Waals surface area contributed by atoms with Gasteiger partial charge in [0.1, 0.15) is 5.82 Å². The second kappa shape index (κ2) is 5.05. The summed E-state index contributed by atoms with van der Waals surface area (Å²) in [6.07, 6.45) is 3.13. The van der Waals surface area contributed by atoms with Crippen molar-refractivity contribution in [3.63, 3.8) is 0 Å². The van der Waals surface area contributed by atoms with Gasteiger partial charge in [-0.3, -0.25) is 0 Å². The maximum absolute atomic E-state index is 5.92. The average molecular weight is 233 g/mol. The van der Waals surface area contributed by atoms with E-state index in [1.54, 1.807) is 0 Å². The molecule has 1 aromatic heterocycles. The van der Waals surface area contributed by atoms with Gasteiger partial charge in [-0.05, 0) is 42.9 Å². The maximum Gasteiger partial charge on any atom is 0.128 e. The maximum atomic E-state index is 5.92. The third kappa shape index (κ3) is 2.78. The Balaban J connectivity index is 2.14. The van der Waals surface area contributed by atoms with Gasteiger partial charge in [-0.2, -0.15) is 0 Å². The smallest absolute Gasteiger partial charge is 0.128 e. The van der Waals surface area contributed by atoms with Gasteiger partial charge in [0.15, 0.2) is 0 Å². The Morgan fingerprint density at radius 1 is 1.41 bits per heavy atom. The topological polar surface area (TPSA) is 42.1 Å². The summed E-state index contributed by atoms with van der Waals surface area (Å²) in [5.41, 5.74) is 7.08. The average Bonchev–Trinajstić information content (AvgIpc) is 2.33. The Kier molecular flexibility index (Phi) is 3.67. The molecular weight excluding hydrogens is 210 g/mol. The molecule has 1 aliphatic rings. The second-order valence-corrected chi connectivity index (χ2v) is 5.43. The summed E-state index contributed by atoms with van der Waals surface area (Å²) in [6.45, 7) is 8.90. The number of aromatic nitrogens is 1. The molecule has 94 valence electrons. The van der Waals surface area contributed by atoms with Crippen LogP contribution >= 0.6 is 0 Å². The van der Waals surface area contributed by atoms with Crippen LogP contribution in [0.15, 0.2) is 18.3 Å². The highest BCUT2D eigenvalue weighted by Crippen LogP contribution is 2.26. The van der Waals surface area contributed by atoms with Crippen molar-refractivity contribution in [1.29, 1.82) is 0 Å². The quantitative estimate of drug-likeness (QED) is 0.853. The van der Waals surface area contributed by atoms with Gasteiger partial charge in [-0.1, -0.05) is 13.8 Å². The van der Waals surface area contributed by atoms with E-state index in [1.807, 2.05) is 19.2 Å². The first-order valence-corrected chi connectivity index (χ1v) is 6.54. The minimum absolute atomic E-state index is 0.0814. The number of pyridine rings is 1. The van der Waals surface area contributed by atoms with Crippen LogP contribution in [0.25, 0.3) is 0 Å². The second-order valence-electron chi connectivity index (χ2n) is 5.43. The molecule has 0 spiro atoms. The van der Waals surface area contributed by atoms with E-state index in [0.717, 1.165) is 30.7 Å². The Bertz CT molecular complexity index is 375. The minimum Gasteiger partial charge on any atom is -0.356 e. The molecule has 17 heavy (non-hydrogen) atoms. The van der Waals surface area contributed by atoms with Crippen molar-refractivity contribution in [1.82, 2.24) is 4.98 Å². The van der Waals surface area contributed by atoms with Crippen molar-refractivity contribution in [2.45, 2.75) is 33.2 Å². The fourth-order valence-corrected chi connectivity index (χ4v) is 2.36. The van der Waals surface area contributed by atoms with E-state index in [1.165, 1.54) is 12.0 Å². The first kappa shape index (κ1) is 12.4. The van der Waals surface area contributed by atoms with Crippen molar-refractivity contribution >= 4 is 5.82 Å². The van der Waals surface area contributed by atoms with Crippen molar-refractivity contribution in [2.24, 2.45) is 17.6 Å². The zero-order chi connectivity index (χ0) is 12.4. The molecule has 0 radical (unpaired) electrons. The van der Waals surface area contributed by atoms with E-state index in [9.17, 15) is 0 Å². The molecule has 3 heteroatoms. The number of piperidine rings is 1. The molecule has 1 aliphatic heterocycles. The summed E-state index contributed by atoms with van der Waals surface area (Å²) in [7, 11) is 0. The number of nitrogens with two attached hydrogens (primary N) is 1. The highest BCUT2D eigenvalue weighted by molar-refractivity contribution is 5.42. The van der Waals surface area contributed by atoms with E-state index >= 15 is 0 Å². The van der Waals surface area contributed by atoms with Crippen LogP contribution in [0.4, 0.5) is 5.82 Å². The van der Waals surface area contributed by atoms with Gasteiger partial charge in [0, 0.05) is 25.3 Å². The van der Waals surface area contributed by atoms with Gasteiger partial charge >= 0.3 is 0 Å². The molecule has 2 N–H and O–H groups in total. The van der Waals surface area contributed by atoms with Gasteiger partial charge in [0.2, 0.25) is 0 Å². The first-order chi connectivity index (χ1) is 8.08. The summed E-state index contributed by atoms with van der Waals surface area (Å²) in [5, 5.41) is 0. The summed E-state index contributed by atoms with van der Waals surface area (Å²) in [4.78, 5) is 6.86. The van der Waals surface area contributed by atoms with Crippen LogP contribution in [-0.2, 0) is 0 Å². The summed E-state index contributed by atoms with van der Waals surface area (Å²) in [6, 6.07) is 4.22. The van der Waals surface area contributed by atoms with Crippen LogP contribution in [0.5, 0.6) is 0 Å². The molecule has 0 saturated carbocycles. The van der Waals surface area contributed by atoms with Crippen LogP contribution < -0.4 is 10.6 Å². The van der Waals surface area contributed by atoms with Gasteiger partial charge in [0.05, 0.1) is 0 Å². The number of hydrogen-bond donors (Lipinski definition) is 1. The highest BCUT2D eigenvalue weighted by Gasteiger charge is 2.23. The lowest BCUT2D eigenvalue weighted by molar-refractivity contribution is 0.323. The van der Waals surface area contributed by atoms with Gasteiger partial charge < -0.3 is 10.6 Å². The standard InChI is InChI=1S/C14H23N3/c1-10-5-7-17(9-11(10)2)14-8-13(12(3)15)4-6-16-14/h4,6,8,10-12H,5,7,9,15H2,1-3H3/t10?,11?,12-/m1/s1. The van der Waals surface area contributed by atoms with Crippen LogP contribution in [0.1, 0.15) is 38.8 Å². The van der Waals surface area contributed by atoms with E-state index in [0.29, 0.717) is 0 Å². The predicted molar refractivity (Wildman–Crippen MR) is 72.0 cm³/mol. The van der Waals surface area contributed by atoms with Crippen LogP contribution in [0.3, 0.4) is 0 Å². The Morgan fingerprint density at radius 3 is 2.82 bits per heavy atom. The van der Waals surface area contributed by atoms with E-state index in [-0.39, 0.29) is 6.04 Å². The van der Waals surface area contributed by atoms with Crippen molar-refractivity contribution in [3.8, 4) is 0 Å². The molecule has 1 fully saturated rings. The van der Waals surface area contributed by atoms with Crippen molar-refractivity contribution < 1.29 is 0 Å². The predicted octanol–water partition coefficient (Wildman–Crippen LogP) is 2.58. The van der Waals surface area contributed by atoms with Crippen molar-refractivity contribution in [3.05, 3.63) is 23.9 Å². The lowest BCUT2D eigenvalue weighted by Crippen LogP contribution is -2.38. The van der Waals surface area contributed by atoms with Crippen LogP contribution in [0, 0.1) is 11.8 Å². The monoisotopic (exact) mass is 233 g/mol. The number of rotatable bonds is 2. The van der Waals surface area contributed by atoms with E-state index in [4.69, 9.17) is 5.73 Å². The van der Waals surface area contributed by atoms with E-state index < -0.39 is 0 Å². The number of hydrogen-bond acceptors (Lipinski definition) is 3. The Hall–Kier alpha value is -1.09. The first-order valence-electron chi connectivity index (χ1n) is 6.54. The molecule has 0 bridgehead atoms. The van der Waals surface area contributed by atoms with Gasteiger partial charge in [-0.25, -0.2) is 4.98 Å². The molecule has 3 nitrogen and oxygen atoms in total. The number of anilines is 1. The molecule has 1 saturated heterocycles. The van der Waals surface area contributed by atoms with Crippen molar-refractivity contribution in [2.75, 3.05) is 18.0 Å². The SMILES string of the molecule is CC1CCN(c2cc([C@@H](C)N)ccn2)CC1C. The van der Waals surface area contributed by atoms with Gasteiger partial charge in [-0.15, -0.1) is 0 Å². The molecule has 2 rings (SSSR count). The molecule has 2 heterocycles. The fourth-order valence-electron chi connectivity index (χ4n) is 2.36. The summed E-state index contributed by atoms with van der Waals surface area (Å²) < 4.78 is 0. The fraction of sp³-hybridized carbons (Fsp3) is 0.643. The number of nitrogens with zero attached hydrogens (tertiary/aromatic N) is 2. The third-order valence-corrected chi connectivity index (χ3v) is 3.95. The Labute approximate surface area is 104 Å². The minimum atomic E-state index is 0.0814. The largest absolute Gasteiger partial charge is 0.356 e. The molecule has 1 aromatic rings. The van der Waals surface area contributed by atoms with E-state index in [2.05, 4.69) is 29.8 Å². The molecular formula is C14H23N3. The summed E-state index contributed by atoms with van der Waals surface area (Å²) in [5.74, 6) is 2.64. The molecule has 0 aliphatic carbocycles. The third-order valence-electron chi connectivity index (χ3n) is 3.95.